The first-order chi connectivity index (χ1) is 11.0. The fourth-order valence-electron chi connectivity index (χ4n) is 2.88. The number of rotatable bonds is 3. The van der Waals surface area contributed by atoms with E-state index in [1.165, 1.54) is 0 Å². The average molecular weight is 329 g/mol. The lowest BCUT2D eigenvalue weighted by molar-refractivity contribution is 0.0947. The van der Waals surface area contributed by atoms with E-state index in [-0.39, 0.29) is 6.54 Å². The average Bonchev–Trinajstić information content (AvgIpc) is 2.89. The van der Waals surface area contributed by atoms with Crippen LogP contribution in [0.15, 0.2) is 30.3 Å². The Balaban J connectivity index is 2.12. The molecule has 0 unspecified atom stereocenters. The van der Waals surface area contributed by atoms with Gasteiger partial charge in [-0.25, -0.2) is 4.39 Å². The molecular weight excluding hydrogens is 313 g/mol. The zero-order valence-electron chi connectivity index (χ0n) is 12.9. The molecular formula is C17H16FN3OS. The number of ether oxygens (including phenoxy) is 1. The molecule has 2 heterocycles. The van der Waals surface area contributed by atoms with Gasteiger partial charge >= 0.3 is 0 Å². The van der Waals surface area contributed by atoms with Gasteiger partial charge < -0.3 is 14.6 Å². The van der Waals surface area contributed by atoms with Crippen LogP contribution in [0.2, 0.25) is 0 Å². The van der Waals surface area contributed by atoms with Crippen molar-refractivity contribution in [3.8, 4) is 17.3 Å². The van der Waals surface area contributed by atoms with E-state index in [1.54, 1.807) is 10.6 Å². The van der Waals surface area contributed by atoms with Crippen LogP contribution in [-0.2, 0) is 16.9 Å². The fourth-order valence-corrected chi connectivity index (χ4v) is 3.19. The van der Waals surface area contributed by atoms with Crippen LogP contribution in [0.5, 0.6) is 0 Å². The molecule has 0 saturated heterocycles. The standard InChI is InChI=1S/C17H16FN3OS/c1-17(2)13-9-11(3-5-14(13)20-16(23)22-17)15-6-4-12(10-19)21(15)8-7-18/h3-6,9H,7-8H2,1-2H3,(H,20,23). The summed E-state index contributed by atoms with van der Waals surface area (Å²) >= 11 is 5.12. The van der Waals surface area contributed by atoms with E-state index < -0.39 is 12.3 Å². The summed E-state index contributed by atoms with van der Waals surface area (Å²) in [4.78, 5) is 0. The number of hydrogen-bond donors (Lipinski definition) is 1. The first-order valence-electron chi connectivity index (χ1n) is 7.27. The number of fused-ring (bicyclic) bond motifs is 1. The highest BCUT2D eigenvalue weighted by Gasteiger charge is 2.32. The van der Waals surface area contributed by atoms with Crippen LogP contribution in [0.1, 0.15) is 25.1 Å². The molecule has 0 aliphatic carbocycles. The second kappa shape index (κ2) is 5.67. The molecule has 6 heteroatoms. The minimum atomic E-state index is -0.552. The lowest BCUT2D eigenvalue weighted by atomic mass is 9.92. The van der Waals surface area contributed by atoms with Gasteiger partial charge in [-0.1, -0.05) is 6.07 Å². The summed E-state index contributed by atoms with van der Waals surface area (Å²) in [5.74, 6) is 0. The van der Waals surface area contributed by atoms with Crippen molar-refractivity contribution in [3.05, 3.63) is 41.6 Å². The first kappa shape index (κ1) is 15.5. The molecule has 0 radical (unpaired) electrons. The second-order valence-electron chi connectivity index (χ2n) is 5.84. The molecule has 4 nitrogen and oxygen atoms in total. The lowest BCUT2D eigenvalue weighted by Gasteiger charge is -2.34. The minimum absolute atomic E-state index is 0.157. The number of benzene rings is 1. The summed E-state index contributed by atoms with van der Waals surface area (Å²) < 4.78 is 20.2. The number of thiocarbonyl (C=S) groups is 1. The summed E-state index contributed by atoms with van der Waals surface area (Å²) in [5, 5.41) is 12.6. The molecule has 1 aliphatic heterocycles. The highest BCUT2D eigenvalue weighted by Crippen LogP contribution is 2.38. The van der Waals surface area contributed by atoms with E-state index in [4.69, 9.17) is 17.0 Å². The fraction of sp³-hybridized carbons (Fsp3) is 0.294. The smallest absolute Gasteiger partial charge is 0.262 e. The van der Waals surface area contributed by atoms with Crippen molar-refractivity contribution in [1.82, 2.24) is 4.57 Å². The Hall–Kier alpha value is -2.39. The number of nitrogens with zero attached hydrogens (tertiary/aromatic N) is 2. The molecule has 1 aromatic heterocycles. The van der Waals surface area contributed by atoms with Gasteiger partial charge in [-0.3, -0.25) is 0 Å². The number of nitrogens with one attached hydrogen (secondary N) is 1. The van der Waals surface area contributed by atoms with Crippen molar-refractivity contribution in [2.45, 2.75) is 26.0 Å². The molecule has 0 amide bonds. The van der Waals surface area contributed by atoms with Gasteiger partial charge in [0.05, 0.1) is 6.54 Å². The van der Waals surface area contributed by atoms with Crippen LogP contribution in [0.4, 0.5) is 10.1 Å². The maximum atomic E-state index is 12.8. The van der Waals surface area contributed by atoms with Crippen molar-refractivity contribution in [1.29, 1.82) is 5.26 Å². The summed E-state index contributed by atoms with van der Waals surface area (Å²) in [7, 11) is 0. The molecule has 0 saturated carbocycles. The van der Waals surface area contributed by atoms with Crippen LogP contribution in [0.3, 0.4) is 0 Å². The normalized spacial score (nSPS) is 15.3. The quantitative estimate of drug-likeness (QED) is 0.866. The summed E-state index contributed by atoms with van der Waals surface area (Å²) in [6.07, 6.45) is 0. The molecule has 3 rings (SSSR count). The molecule has 1 N–H and O–H groups in total. The molecule has 1 aliphatic rings. The molecule has 23 heavy (non-hydrogen) atoms. The Kier molecular flexibility index (Phi) is 3.82. The van der Waals surface area contributed by atoms with Crippen molar-refractivity contribution in [3.63, 3.8) is 0 Å². The van der Waals surface area contributed by atoms with Crippen molar-refractivity contribution in [2.24, 2.45) is 0 Å². The van der Waals surface area contributed by atoms with Gasteiger partial charge in [0.25, 0.3) is 5.17 Å². The zero-order valence-corrected chi connectivity index (χ0v) is 13.7. The Morgan fingerprint density at radius 3 is 2.83 bits per heavy atom. The third-order valence-corrected chi connectivity index (χ3v) is 4.14. The molecule has 0 spiro atoms. The van der Waals surface area contributed by atoms with Crippen molar-refractivity contribution >= 4 is 23.1 Å². The summed E-state index contributed by atoms with van der Waals surface area (Å²) in [6.45, 7) is 3.53. The molecule has 0 atom stereocenters. The second-order valence-corrected chi connectivity index (χ2v) is 6.21. The van der Waals surface area contributed by atoms with Gasteiger partial charge in [-0.15, -0.1) is 0 Å². The van der Waals surface area contributed by atoms with Gasteiger partial charge in [0.15, 0.2) is 0 Å². The minimum Gasteiger partial charge on any atom is -0.460 e. The predicted octanol–water partition coefficient (Wildman–Crippen LogP) is 3.96. The number of alkyl halides is 1. The van der Waals surface area contributed by atoms with E-state index in [0.717, 1.165) is 22.5 Å². The lowest BCUT2D eigenvalue weighted by Crippen LogP contribution is -2.34. The molecule has 1 aromatic carbocycles. The number of aromatic nitrogens is 1. The SMILES string of the molecule is CC1(C)OC(=S)Nc2ccc(-c3ccc(C#N)n3CCF)cc21. The third kappa shape index (κ3) is 2.68. The van der Waals surface area contributed by atoms with Gasteiger partial charge in [-0.2, -0.15) is 5.26 Å². The number of halogens is 1. The predicted molar refractivity (Wildman–Crippen MR) is 90.9 cm³/mol. The van der Waals surface area contributed by atoms with Gasteiger partial charge in [0, 0.05) is 16.9 Å². The maximum absolute atomic E-state index is 12.8. The van der Waals surface area contributed by atoms with Gasteiger partial charge in [0.1, 0.15) is 24.0 Å². The summed E-state index contributed by atoms with van der Waals surface area (Å²) in [5.41, 5.74) is 3.49. The van der Waals surface area contributed by atoms with Crippen LogP contribution in [-0.4, -0.2) is 16.4 Å². The van der Waals surface area contributed by atoms with Crippen LogP contribution in [0, 0.1) is 11.3 Å². The van der Waals surface area contributed by atoms with E-state index in [9.17, 15) is 9.65 Å². The van der Waals surface area contributed by atoms with E-state index in [1.807, 2.05) is 38.1 Å². The maximum Gasteiger partial charge on any atom is 0.262 e. The van der Waals surface area contributed by atoms with Crippen LogP contribution >= 0.6 is 12.2 Å². The Labute approximate surface area is 139 Å². The number of hydrogen-bond acceptors (Lipinski definition) is 3. The topological polar surface area (TPSA) is 50.0 Å². The molecule has 0 fully saturated rings. The number of nitriles is 1. The Bertz CT molecular complexity index is 820. The monoisotopic (exact) mass is 329 g/mol. The van der Waals surface area contributed by atoms with E-state index in [0.29, 0.717) is 10.9 Å². The van der Waals surface area contributed by atoms with Crippen LogP contribution in [0.25, 0.3) is 11.3 Å². The largest absolute Gasteiger partial charge is 0.460 e. The van der Waals surface area contributed by atoms with Crippen molar-refractivity contribution < 1.29 is 9.13 Å². The Morgan fingerprint density at radius 1 is 1.35 bits per heavy atom. The third-order valence-electron chi connectivity index (χ3n) is 3.95. The molecule has 0 bridgehead atoms. The highest BCUT2D eigenvalue weighted by molar-refractivity contribution is 7.80. The van der Waals surface area contributed by atoms with Crippen LogP contribution < -0.4 is 5.32 Å². The van der Waals surface area contributed by atoms with E-state index >= 15 is 0 Å². The molecule has 118 valence electrons. The van der Waals surface area contributed by atoms with E-state index in [2.05, 4.69) is 11.4 Å². The summed E-state index contributed by atoms with van der Waals surface area (Å²) in [6, 6.07) is 11.5. The number of anilines is 1. The Morgan fingerprint density at radius 2 is 2.13 bits per heavy atom. The van der Waals surface area contributed by atoms with Crippen molar-refractivity contribution in [2.75, 3.05) is 12.0 Å². The zero-order chi connectivity index (χ0) is 16.6. The highest BCUT2D eigenvalue weighted by atomic mass is 32.1. The van der Waals surface area contributed by atoms with Gasteiger partial charge in [-0.05, 0) is 55.9 Å². The first-order valence-corrected chi connectivity index (χ1v) is 7.67. The molecule has 2 aromatic rings. The van der Waals surface area contributed by atoms with Gasteiger partial charge in [0.2, 0.25) is 0 Å².